The first-order valence-electron chi connectivity index (χ1n) is 7.59. The average Bonchev–Trinajstić information content (AvgIpc) is 2.48. The fraction of sp³-hybridized carbons (Fsp3) is 0.688. The molecule has 0 spiro atoms. The van der Waals surface area contributed by atoms with E-state index < -0.39 is 5.60 Å². The second-order valence-electron chi connectivity index (χ2n) is 5.79. The number of esters is 1. The quantitative estimate of drug-likeness (QED) is 0.798. The van der Waals surface area contributed by atoms with Gasteiger partial charge in [-0.1, -0.05) is 6.92 Å². The number of nitrogens with zero attached hydrogens (tertiary/aromatic N) is 2. The van der Waals surface area contributed by atoms with Gasteiger partial charge in [0.1, 0.15) is 5.60 Å². The minimum absolute atomic E-state index is 0.347. The number of carbonyl (C=O) groups is 1. The van der Waals surface area contributed by atoms with Gasteiger partial charge in [0.05, 0.1) is 17.9 Å². The lowest BCUT2D eigenvalue weighted by atomic mass is 9.79. The molecule has 0 atom stereocenters. The van der Waals surface area contributed by atoms with Gasteiger partial charge >= 0.3 is 5.97 Å². The highest BCUT2D eigenvalue weighted by Crippen LogP contribution is 2.40. The van der Waals surface area contributed by atoms with Crippen LogP contribution in [0.5, 0.6) is 0 Å². The van der Waals surface area contributed by atoms with E-state index in [9.17, 15) is 4.79 Å². The molecular weight excluding hydrogens is 268 g/mol. The molecule has 1 aliphatic carbocycles. The monoisotopic (exact) mass is 292 g/mol. The van der Waals surface area contributed by atoms with Crippen molar-refractivity contribution >= 4 is 5.97 Å². The van der Waals surface area contributed by atoms with Gasteiger partial charge in [-0.25, -0.2) is 14.8 Å². The second-order valence-corrected chi connectivity index (χ2v) is 5.79. The van der Waals surface area contributed by atoms with Crippen LogP contribution in [-0.2, 0) is 15.1 Å². The normalized spacial score (nSPS) is 25.6. The summed E-state index contributed by atoms with van der Waals surface area (Å²) in [5, 5.41) is 0. The maximum atomic E-state index is 11.8. The van der Waals surface area contributed by atoms with Gasteiger partial charge in [-0.2, -0.15) is 0 Å². The minimum atomic E-state index is -0.412. The predicted molar refractivity (Wildman–Crippen MR) is 79.0 cm³/mol. The van der Waals surface area contributed by atoms with Gasteiger partial charge in [0.2, 0.25) is 0 Å². The molecule has 5 nitrogen and oxygen atoms in total. The van der Waals surface area contributed by atoms with Gasteiger partial charge in [-0.05, 0) is 45.4 Å². The first-order chi connectivity index (χ1) is 10.0. The molecule has 0 aliphatic heterocycles. The minimum Gasteiger partial charge on any atom is -0.462 e. The molecule has 1 saturated carbocycles. The highest BCUT2D eigenvalue weighted by molar-refractivity contribution is 5.90. The molecule has 21 heavy (non-hydrogen) atoms. The number of ether oxygens (including phenoxy) is 2. The molecule has 2 rings (SSSR count). The fourth-order valence-electron chi connectivity index (χ4n) is 2.84. The molecule has 0 aromatic carbocycles. The number of carbonyl (C=O) groups excluding carboxylic acids is 1. The van der Waals surface area contributed by atoms with Crippen LogP contribution in [0, 0.1) is 12.8 Å². The van der Waals surface area contributed by atoms with Crippen molar-refractivity contribution in [3.8, 4) is 0 Å². The van der Waals surface area contributed by atoms with E-state index in [1.807, 2.05) is 6.92 Å². The molecule has 0 saturated heterocycles. The predicted octanol–water partition coefficient (Wildman–Crippen LogP) is 3.01. The number of hydrogen-bond donors (Lipinski definition) is 0. The van der Waals surface area contributed by atoms with Gasteiger partial charge in [-0.3, -0.25) is 0 Å². The van der Waals surface area contributed by atoms with Gasteiger partial charge in [0, 0.05) is 13.3 Å². The smallest absolute Gasteiger partial charge is 0.341 e. The first kappa shape index (κ1) is 15.9. The Balaban J connectivity index is 2.28. The van der Waals surface area contributed by atoms with Crippen LogP contribution in [0.15, 0.2) is 6.20 Å². The Morgan fingerprint density at radius 3 is 2.62 bits per heavy atom. The molecule has 0 N–H and O–H groups in total. The summed E-state index contributed by atoms with van der Waals surface area (Å²) in [5.41, 5.74) is 0.661. The van der Waals surface area contributed by atoms with Crippen LogP contribution >= 0.6 is 0 Å². The Hall–Kier alpha value is -1.49. The van der Waals surface area contributed by atoms with Crippen LogP contribution < -0.4 is 0 Å². The number of aromatic nitrogens is 2. The van der Waals surface area contributed by atoms with E-state index >= 15 is 0 Å². The van der Waals surface area contributed by atoms with Crippen molar-refractivity contribution in [3.05, 3.63) is 23.3 Å². The molecule has 0 unspecified atom stereocenters. The Bertz CT molecular complexity index is 508. The molecule has 1 heterocycles. The van der Waals surface area contributed by atoms with Crippen LogP contribution in [-0.4, -0.2) is 29.7 Å². The summed E-state index contributed by atoms with van der Waals surface area (Å²) in [4.78, 5) is 20.7. The Morgan fingerprint density at radius 1 is 1.43 bits per heavy atom. The largest absolute Gasteiger partial charge is 0.462 e. The maximum absolute atomic E-state index is 11.8. The zero-order valence-electron chi connectivity index (χ0n) is 13.3. The van der Waals surface area contributed by atoms with E-state index in [1.165, 1.54) is 0 Å². The summed E-state index contributed by atoms with van der Waals surface area (Å²) < 4.78 is 10.8. The second kappa shape index (κ2) is 6.52. The molecule has 1 fully saturated rings. The third-order valence-corrected chi connectivity index (χ3v) is 4.35. The summed E-state index contributed by atoms with van der Waals surface area (Å²) in [6.45, 7) is 6.20. The van der Waals surface area contributed by atoms with Crippen molar-refractivity contribution in [1.82, 2.24) is 9.97 Å². The molecule has 1 aliphatic rings. The number of rotatable bonds is 4. The highest BCUT2D eigenvalue weighted by atomic mass is 16.5. The van der Waals surface area contributed by atoms with Crippen LogP contribution in [0.4, 0.5) is 0 Å². The Labute approximate surface area is 126 Å². The standard InChI is InChI=1S/C16H24N2O3/c1-5-21-14(19)13-10-17-15(18-12(13)3)16(20-4)8-6-11(2)7-9-16/h10-11H,5-9H2,1-4H3. The van der Waals surface area contributed by atoms with Gasteiger partial charge in [0.15, 0.2) is 5.82 Å². The van der Waals surface area contributed by atoms with Gasteiger partial charge in [0.25, 0.3) is 0 Å². The van der Waals surface area contributed by atoms with E-state index in [2.05, 4.69) is 16.9 Å². The fourth-order valence-corrected chi connectivity index (χ4v) is 2.84. The molecule has 1 aromatic heterocycles. The number of methoxy groups -OCH3 is 1. The average molecular weight is 292 g/mol. The Morgan fingerprint density at radius 2 is 2.10 bits per heavy atom. The first-order valence-corrected chi connectivity index (χ1v) is 7.59. The van der Waals surface area contributed by atoms with Crippen LogP contribution in [0.1, 0.15) is 61.4 Å². The zero-order chi connectivity index (χ0) is 15.5. The van der Waals surface area contributed by atoms with Crippen molar-refractivity contribution in [3.63, 3.8) is 0 Å². The van der Waals surface area contributed by atoms with Crippen molar-refractivity contribution < 1.29 is 14.3 Å². The van der Waals surface area contributed by atoms with E-state index in [0.29, 0.717) is 29.6 Å². The van der Waals surface area contributed by atoms with Gasteiger partial charge < -0.3 is 9.47 Å². The third kappa shape index (κ3) is 3.23. The van der Waals surface area contributed by atoms with Crippen molar-refractivity contribution in [2.24, 2.45) is 5.92 Å². The van der Waals surface area contributed by atoms with E-state index in [0.717, 1.165) is 25.7 Å². The zero-order valence-corrected chi connectivity index (χ0v) is 13.3. The lowest BCUT2D eigenvalue weighted by Gasteiger charge is -2.37. The van der Waals surface area contributed by atoms with Crippen molar-refractivity contribution in [1.29, 1.82) is 0 Å². The van der Waals surface area contributed by atoms with Crippen molar-refractivity contribution in [2.45, 2.75) is 52.1 Å². The van der Waals surface area contributed by atoms with E-state index in [-0.39, 0.29) is 5.97 Å². The topological polar surface area (TPSA) is 61.3 Å². The molecular formula is C16H24N2O3. The summed E-state index contributed by atoms with van der Waals surface area (Å²) in [5.74, 6) is 1.03. The maximum Gasteiger partial charge on any atom is 0.341 e. The summed E-state index contributed by atoms with van der Waals surface area (Å²) in [7, 11) is 1.72. The molecule has 1 aromatic rings. The molecule has 116 valence electrons. The molecule has 5 heteroatoms. The van der Waals surface area contributed by atoms with E-state index in [1.54, 1.807) is 20.2 Å². The van der Waals surface area contributed by atoms with Crippen LogP contribution in [0.3, 0.4) is 0 Å². The third-order valence-electron chi connectivity index (χ3n) is 4.35. The Kier molecular flexibility index (Phi) is 4.93. The number of aryl methyl sites for hydroxylation is 1. The SMILES string of the molecule is CCOC(=O)c1cnc(C2(OC)CCC(C)CC2)nc1C. The molecule has 0 bridgehead atoms. The highest BCUT2D eigenvalue weighted by Gasteiger charge is 2.39. The molecule has 0 amide bonds. The van der Waals surface area contributed by atoms with E-state index in [4.69, 9.17) is 9.47 Å². The summed E-state index contributed by atoms with van der Waals surface area (Å²) >= 11 is 0. The van der Waals surface area contributed by atoms with Crippen molar-refractivity contribution in [2.75, 3.05) is 13.7 Å². The summed E-state index contributed by atoms with van der Waals surface area (Å²) in [6.07, 6.45) is 5.62. The van der Waals surface area contributed by atoms with Crippen LogP contribution in [0.25, 0.3) is 0 Å². The molecule has 0 radical (unpaired) electrons. The van der Waals surface area contributed by atoms with Gasteiger partial charge in [-0.15, -0.1) is 0 Å². The summed E-state index contributed by atoms with van der Waals surface area (Å²) in [6, 6.07) is 0. The van der Waals surface area contributed by atoms with Crippen LogP contribution in [0.2, 0.25) is 0 Å². The number of hydrogen-bond acceptors (Lipinski definition) is 5. The lowest BCUT2D eigenvalue weighted by molar-refractivity contribution is -0.0599. The lowest BCUT2D eigenvalue weighted by Crippen LogP contribution is -2.35.